The maximum atomic E-state index is 12.7. The Labute approximate surface area is 197 Å². The largest absolute Gasteiger partial charge is 0.494 e. The van der Waals surface area contributed by atoms with Crippen LogP contribution in [0.25, 0.3) is 23.0 Å². The van der Waals surface area contributed by atoms with Crippen molar-refractivity contribution in [1.29, 1.82) is 5.26 Å². The van der Waals surface area contributed by atoms with Crippen LogP contribution in [-0.2, 0) is 11.3 Å². The number of ether oxygens (including phenoxy) is 1. The molecule has 0 radical (unpaired) electrons. The molecule has 2 heterocycles. The van der Waals surface area contributed by atoms with Gasteiger partial charge in [0.15, 0.2) is 0 Å². The Morgan fingerprint density at radius 2 is 2.03 bits per heavy atom. The van der Waals surface area contributed by atoms with Gasteiger partial charge in [0, 0.05) is 17.3 Å². The average Bonchev–Trinajstić information content (AvgIpc) is 3.55. The number of para-hydroxylation sites is 1. The van der Waals surface area contributed by atoms with E-state index in [1.165, 1.54) is 6.26 Å². The number of nitrogens with one attached hydrogen (secondary N) is 1. The Balaban J connectivity index is 1.70. The molecule has 2 aromatic heterocycles. The van der Waals surface area contributed by atoms with Crippen LogP contribution in [0.5, 0.6) is 5.75 Å². The average molecular weight is 453 g/mol. The van der Waals surface area contributed by atoms with Crippen LogP contribution in [0.3, 0.4) is 0 Å². The molecular formula is C27H24N4O3. The lowest BCUT2D eigenvalue weighted by molar-refractivity contribution is -0.117. The Bertz CT molecular complexity index is 1320. The Morgan fingerprint density at radius 1 is 1.18 bits per heavy atom. The maximum Gasteiger partial charge on any atom is 0.262 e. The summed E-state index contributed by atoms with van der Waals surface area (Å²) in [6, 6.07) is 22.8. The third-order valence-electron chi connectivity index (χ3n) is 5.01. The number of nitriles is 1. The second kappa shape index (κ2) is 10.8. The molecule has 0 unspecified atom stereocenters. The van der Waals surface area contributed by atoms with Crippen molar-refractivity contribution in [2.24, 2.45) is 0 Å². The van der Waals surface area contributed by atoms with Crippen LogP contribution in [0.4, 0.5) is 0 Å². The summed E-state index contributed by atoms with van der Waals surface area (Å²) in [5.41, 5.74) is 2.93. The summed E-state index contributed by atoms with van der Waals surface area (Å²) in [4.78, 5) is 12.7. The lowest BCUT2D eigenvalue weighted by Gasteiger charge is -2.07. The predicted molar refractivity (Wildman–Crippen MR) is 129 cm³/mol. The lowest BCUT2D eigenvalue weighted by atomic mass is 10.1. The predicted octanol–water partition coefficient (Wildman–Crippen LogP) is 5.14. The zero-order valence-electron chi connectivity index (χ0n) is 18.8. The highest BCUT2D eigenvalue weighted by Gasteiger charge is 2.16. The maximum absolute atomic E-state index is 12.7. The Morgan fingerprint density at radius 3 is 2.76 bits per heavy atom. The molecule has 0 atom stereocenters. The summed E-state index contributed by atoms with van der Waals surface area (Å²) in [5, 5.41) is 17.2. The molecule has 7 nitrogen and oxygen atoms in total. The van der Waals surface area contributed by atoms with Crippen molar-refractivity contribution < 1.29 is 13.9 Å². The molecule has 34 heavy (non-hydrogen) atoms. The van der Waals surface area contributed by atoms with E-state index in [0.29, 0.717) is 23.6 Å². The molecule has 0 bridgehead atoms. The molecule has 0 saturated carbocycles. The van der Waals surface area contributed by atoms with Gasteiger partial charge in [-0.25, -0.2) is 4.68 Å². The normalized spacial score (nSPS) is 11.1. The van der Waals surface area contributed by atoms with Gasteiger partial charge in [-0.15, -0.1) is 0 Å². The molecule has 0 aliphatic rings. The number of benzene rings is 2. The first-order valence-corrected chi connectivity index (χ1v) is 11.0. The zero-order valence-corrected chi connectivity index (χ0v) is 18.8. The molecule has 2 aromatic carbocycles. The smallest absolute Gasteiger partial charge is 0.262 e. The molecule has 7 heteroatoms. The number of hydrogen-bond donors (Lipinski definition) is 1. The van der Waals surface area contributed by atoms with E-state index < -0.39 is 5.91 Å². The van der Waals surface area contributed by atoms with E-state index >= 15 is 0 Å². The van der Waals surface area contributed by atoms with Crippen molar-refractivity contribution in [2.75, 3.05) is 6.61 Å². The number of carbonyl (C=O) groups excluding carboxylic acids is 1. The molecule has 1 amide bonds. The van der Waals surface area contributed by atoms with Gasteiger partial charge in [0.1, 0.15) is 28.8 Å². The third kappa shape index (κ3) is 5.43. The second-order valence-electron chi connectivity index (χ2n) is 7.52. The molecule has 170 valence electrons. The molecule has 0 aliphatic carbocycles. The van der Waals surface area contributed by atoms with Gasteiger partial charge >= 0.3 is 0 Å². The summed E-state index contributed by atoms with van der Waals surface area (Å²) in [7, 11) is 0. The van der Waals surface area contributed by atoms with Crippen molar-refractivity contribution in [2.45, 2.75) is 19.9 Å². The monoisotopic (exact) mass is 452 g/mol. The van der Waals surface area contributed by atoms with Crippen molar-refractivity contribution in [3.63, 3.8) is 0 Å². The van der Waals surface area contributed by atoms with Gasteiger partial charge in [-0.05, 0) is 48.9 Å². The summed E-state index contributed by atoms with van der Waals surface area (Å²) in [6.45, 7) is 2.86. The molecule has 0 aliphatic heterocycles. The van der Waals surface area contributed by atoms with Crippen LogP contribution in [0.1, 0.15) is 24.7 Å². The van der Waals surface area contributed by atoms with E-state index in [2.05, 4.69) is 12.2 Å². The van der Waals surface area contributed by atoms with Crippen LogP contribution in [0.15, 0.2) is 89.2 Å². The first-order valence-electron chi connectivity index (χ1n) is 11.0. The van der Waals surface area contributed by atoms with Gasteiger partial charge in [0.05, 0.1) is 25.1 Å². The van der Waals surface area contributed by atoms with Crippen LogP contribution >= 0.6 is 0 Å². The highest BCUT2D eigenvalue weighted by molar-refractivity contribution is 6.02. The van der Waals surface area contributed by atoms with Crippen LogP contribution in [-0.4, -0.2) is 22.3 Å². The zero-order chi connectivity index (χ0) is 23.8. The van der Waals surface area contributed by atoms with E-state index in [-0.39, 0.29) is 12.1 Å². The standard InChI is InChI=1S/C27H24N4O3/c1-2-13-33-24-11-6-8-20(16-24)26-22(19-31(30-26)23-9-4-3-5-10-23)15-21(17-28)27(32)29-18-25-12-7-14-34-25/h3-12,14-16,19H,2,13,18H2,1H3,(H,29,32)/b21-15-. The molecule has 4 rings (SSSR count). The van der Waals surface area contributed by atoms with Crippen molar-refractivity contribution in [3.05, 3.63) is 96.1 Å². The number of rotatable bonds is 9. The highest BCUT2D eigenvalue weighted by atomic mass is 16.5. The molecule has 0 fully saturated rings. The number of carbonyl (C=O) groups is 1. The van der Waals surface area contributed by atoms with E-state index in [1.54, 1.807) is 29.1 Å². The quantitative estimate of drug-likeness (QED) is 0.280. The van der Waals surface area contributed by atoms with E-state index in [0.717, 1.165) is 23.4 Å². The van der Waals surface area contributed by atoms with E-state index in [4.69, 9.17) is 14.3 Å². The highest BCUT2D eigenvalue weighted by Crippen LogP contribution is 2.28. The van der Waals surface area contributed by atoms with Gasteiger partial charge in [0.25, 0.3) is 5.91 Å². The minimum absolute atomic E-state index is 0.0289. The molecule has 1 N–H and O–H groups in total. The van der Waals surface area contributed by atoms with Crippen LogP contribution in [0, 0.1) is 11.3 Å². The van der Waals surface area contributed by atoms with E-state index in [1.807, 2.05) is 60.7 Å². The van der Waals surface area contributed by atoms with Crippen molar-refractivity contribution >= 4 is 12.0 Å². The minimum atomic E-state index is -0.489. The molecule has 4 aromatic rings. The van der Waals surface area contributed by atoms with Crippen LogP contribution < -0.4 is 10.1 Å². The summed E-state index contributed by atoms with van der Waals surface area (Å²) >= 11 is 0. The topological polar surface area (TPSA) is 93.1 Å². The van der Waals surface area contributed by atoms with E-state index in [9.17, 15) is 10.1 Å². The van der Waals surface area contributed by atoms with Gasteiger partial charge in [-0.3, -0.25) is 4.79 Å². The van der Waals surface area contributed by atoms with Crippen molar-refractivity contribution in [3.8, 4) is 28.8 Å². The molecule has 0 saturated heterocycles. The number of amides is 1. The minimum Gasteiger partial charge on any atom is -0.494 e. The third-order valence-corrected chi connectivity index (χ3v) is 5.01. The fourth-order valence-electron chi connectivity index (χ4n) is 3.36. The first-order chi connectivity index (χ1) is 16.7. The SMILES string of the molecule is CCCOc1cccc(-c2nn(-c3ccccc3)cc2/C=C(/C#N)C(=O)NCc2ccco2)c1. The molecule has 0 spiro atoms. The first kappa shape index (κ1) is 22.6. The van der Waals surface area contributed by atoms with Gasteiger partial charge in [0.2, 0.25) is 0 Å². The Kier molecular flexibility index (Phi) is 7.21. The number of hydrogen-bond acceptors (Lipinski definition) is 5. The lowest BCUT2D eigenvalue weighted by Crippen LogP contribution is -2.23. The fourth-order valence-corrected chi connectivity index (χ4v) is 3.36. The summed E-state index contributed by atoms with van der Waals surface area (Å²) in [6.07, 6.45) is 5.80. The summed E-state index contributed by atoms with van der Waals surface area (Å²) in [5.74, 6) is 0.852. The van der Waals surface area contributed by atoms with Gasteiger partial charge in [-0.2, -0.15) is 10.4 Å². The number of nitrogens with zero attached hydrogens (tertiary/aromatic N) is 3. The van der Waals surface area contributed by atoms with Crippen molar-refractivity contribution in [1.82, 2.24) is 15.1 Å². The summed E-state index contributed by atoms with van der Waals surface area (Å²) < 4.78 is 12.8. The second-order valence-corrected chi connectivity index (χ2v) is 7.52. The Hall–Kier alpha value is -4.57. The van der Waals surface area contributed by atoms with Gasteiger partial charge in [-0.1, -0.05) is 37.3 Å². The number of aromatic nitrogens is 2. The molecular weight excluding hydrogens is 428 g/mol. The number of furan rings is 1. The van der Waals surface area contributed by atoms with Crippen LogP contribution in [0.2, 0.25) is 0 Å². The van der Waals surface area contributed by atoms with Gasteiger partial charge < -0.3 is 14.5 Å². The fraction of sp³-hybridized carbons (Fsp3) is 0.148.